The molecule has 0 saturated carbocycles. The number of hydrogen-bond acceptors (Lipinski definition) is 7. The zero-order chi connectivity index (χ0) is 99.1. The lowest BCUT2D eigenvalue weighted by Gasteiger charge is -2.10. The molecule has 28 aromatic rings. The molecule has 688 valence electrons. The fourth-order valence-electron chi connectivity index (χ4n) is 21.3. The number of hydrogen-bond donors (Lipinski definition) is 0. The number of fused-ring (bicyclic) bond motifs is 20. The number of aromatic nitrogens is 8. The Morgan fingerprint density at radius 3 is 0.899 bits per heavy atom. The largest absolute Gasteiger partial charge is 0.309 e. The summed E-state index contributed by atoms with van der Waals surface area (Å²) >= 11 is 0. The van der Waals surface area contributed by atoms with Gasteiger partial charge in [0.05, 0.1) is 79.3 Å². The SMILES string of the molecule is N#Cc1cc(-c2ccc(-c3ccc4c5c6ccccc6ccc5n(-c5ccccc5)c4c3)cc2)ccn1.N#Cc1ccnc(-c2ccc(-c3ccc4c5c6ccccc6ccc5n(-c5ccccc5)c4c3)cc2)c1.N#Cc1cncc(-c2ccc(-c3ccc4c5c6ccccc6ccc5n(-c5ccccc5)c4c3)cc2)c1.[C-]#[N+]c1ccnc(-c2cccc(-c3ccc4c5c6ccccc6ccc5n(-c5ccccc5)c4c3)c2)c1. The Morgan fingerprint density at radius 2 is 0.520 bits per heavy atom. The van der Waals surface area contributed by atoms with E-state index in [9.17, 15) is 15.8 Å². The van der Waals surface area contributed by atoms with Gasteiger partial charge in [-0.3, -0.25) is 15.0 Å². The highest BCUT2D eigenvalue weighted by Gasteiger charge is 2.23. The van der Waals surface area contributed by atoms with Gasteiger partial charge in [-0.1, -0.05) is 334 Å². The number of nitriles is 3. The van der Waals surface area contributed by atoms with E-state index in [-0.39, 0.29) is 0 Å². The summed E-state index contributed by atoms with van der Waals surface area (Å²) in [5.41, 5.74) is 33.1. The van der Waals surface area contributed by atoms with Crippen LogP contribution in [0.3, 0.4) is 0 Å². The molecule has 0 spiro atoms. The van der Waals surface area contributed by atoms with Crippen molar-refractivity contribution in [2.45, 2.75) is 0 Å². The van der Waals surface area contributed by atoms with Crippen molar-refractivity contribution in [1.29, 1.82) is 15.8 Å². The van der Waals surface area contributed by atoms with Crippen molar-refractivity contribution in [2.24, 2.45) is 0 Å². The summed E-state index contributed by atoms with van der Waals surface area (Å²) in [7, 11) is 0. The molecule has 0 N–H and O–H groups in total. The lowest BCUT2D eigenvalue weighted by Crippen LogP contribution is -1.93. The van der Waals surface area contributed by atoms with Crippen LogP contribution in [-0.4, -0.2) is 38.2 Å². The van der Waals surface area contributed by atoms with Gasteiger partial charge in [0.25, 0.3) is 0 Å². The third-order valence-corrected chi connectivity index (χ3v) is 28.3. The fraction of sp³-hybridized carbons (Fsp3) is 0. The molecule has 0 radical (unpaired) electrons. The van der Waals surface area contributed by atoms with Gasteiger partial charge >= 0.3 is 0 Å². The van der Waals surface area contributed by atoms with Crippen molar-refractivity contribution in [1.82, 2.24) is 38.2 Å². The van der Waals surface area contributed by atoms with E-state index >= 15 is 0 Å². The molecule has 0 fully saturated rings. The van der Waals surface area contributed by atoms with Gasteiger partial charge in [0.1, 0.15) is 17.8 Å². The predicted molar refractivity (Wildman–Crippen MR) is 608 cm³/mol. The van der Waals surface area contributed by atoms with Crippen LogP contribution in [0.1, 0.15) is 16.8 Å². The highest BCUT2D eigenvalue weighted by molar-refractivity contribution is 6.26. The quantitative estimate of drug-likeness (QED) is 0.111. The molecule has 28 rings (SSSR count). The minimum atomic E-state index is 0.424. The summed E-state index contributed by atoms with van der Waals surface area (Å²) in [5, 5.41) is 47.8. The Morgan fingerprint density at radius 1 is 0.203 bits per heavy atom. The standard InChI is InChI=1S/4C34H21N3/c1-35-27-18-19-36-31(22-27)26-10-7-9-24(20-26)25-14-16-30-33(21-25)37(28-11-3-2-4-12-28)32-17-15-23-8-5-6-13-29(23)34(30)32;35-20-23-18-28(22-36-21-23)25-12-10-24(11-13-25)27-14-16-31-33(19-27)37(29-7-2-1-3-8-29)32-17-15-26-6-4-5-9-30(26)34(31)32;35-22-23-18-19-36-31(20-23)26-12-10-24(11-13-26)27-14-16-30-33(21-27)37(28-7-2-1-3-8-28)32-17-15-25-6-4-5-9-29(25)34(30)32;35-22-28-20-27(18-19-36-28)24-12-10-23(11-13-24)26-14-16-31-33(21-26)37(29-7-2-1-3-8-29)32-17-15-25-6-4-5-9-30(25)34(31)32/h2-22H;1-19,21-22H;2*1-21H. The Balaban J connectivity index is 0.000000103. The van der Waals surface area contributed by atoms with Crippen LogP contribution in [0.2, 0.25) is 0 Å². The minimum Gasteiger partial charge on any atom is -0.309 e. The number of para-hydroxylation sites is 4. The van der Waals surface area contributed by atoms with Crippen molar-refractivity contribution < 1.29 is 0 Å². The second kappa shape index (κ2) is 38.3. The van der Waals surface area contributed by atoms with Gasteiger partial charge in [0, 0.05) is 108 Å². The Kier molecular flexibility index (Phi) is 22.9. The summed E-state index contributed by atoms with van der Waals surface area (Å²) in [6.45, 7) is 7.34. The molecular weight excluding hydrogens is 1800 g/mol. The maximum Gasteiger partial charge on any atom is 0.190 e. The van der Waals surface area contributed by atoms with Gasteiger partial charge in [-0.05, 0) is 255 Å². The average molecular weight is 1890 g/mol. The second-order valence-corrected chi connectivity index (χ2v) is 36.8. The minimum absolute atomic E-state index is 0.424. The normalized spacial score (nSPS) is 11.2. The van der Waals surface area contributed by atoms with Crippen molar-refractivity contribution in [2.75, 3.05) is 0 Å². The van der Waals surface area contributed by atoms with E-state index in [4.69, 9.17) is 6.57 Å². The molecule has 0 atom stereocenters. The third-order valence-electron chi connectivity index (χ3n) is 28.3. The van der Waals surface area contributed by atoms with Crippen LogP contribution in [0.4, 0.5) is 5.69 Å². The first-order valence-corrected chi connectivity index (χ1v) is 49.1. The van der Waals surface area contributed by atoms with Crippen LogP contribution in [0, 0.1) is 40.6 Å². The Bertz CT molecular complexity index is 9570. The summed E-state index contributed by atoms with van der Waals surface area (Å²) < 4.78 is 9.47. The zero-order valence-corrected chi connectivity index (χ0v) is 79.9. The smallest absolute Gasteiger partial charge is 0.190 e. The molecule has 12 heteroatoms. The van der Waals surface area contributed by atoms with Gasteiger partial charge < -0.3 is 18.3 Å². The highest BCUT2D eigenvalue weighted by Crippen LogP contribution is 2.46. The molecular formula is C136H84N12. The number of rotatable bonds is 12. The molecule has 12 nitrogen and oxygen atoms in total. The van der Waals surface area contributed by atoms with Gasteiger partial charge in [-0.25, -0.2) is 9.83 Å². The number of pyridine rings is 4. The maximum atomic E-state index is 9.22. The van der Waals surface area contributed by atoms with Gasteiger partial charge in [0.2, 0.25) is 0 Å². The van der Waals surface area contributed by atoms with E-state index in [1.165, 1.54) is 130 Å². The van der Waals surface area contributed by atoms with E-state index < -0.39 is 0 Å². The Hall–Kier alpha value is -20.8. The number of nitrogens with zero attached hydrogens (tertiary/aromatic N) is 12. The lowest BCUT2D eigenvalue weighted by atomic mass is 9.99. The van der Waals surface area contributed by atoms with E-state index in [0.29, 0.717) is 22.5 Å². The second-order valence-electron chi connectivity index (χ2n) is 36.8. The molecule has 0 unspecified atom stereocenters. The lowest BCUT2D eigenvalue weighted by molar-refractivity contribution is 1.18. The number of benzene rings is 20. The molecule has 0 amide bonds. The van der Waals surface area contributed by atoms with E-state index in [1.807, 2.05) is 36.4 Å². The van der Waals surface area contributed by atoms with Crippen LogP contribution in [0.5, 0.6) is 0 Å². The third kappa shape index (κ3) is 16.4. The molecule has 20 aromatic carbocycles. The summed E-state index contributed by atoms with van der Waals surface area (Å²) in [6.07, 6.45) is 8.44. The maximum absolute atomic E-state index is 9.22. The Labute approximate surface area is 852 Å². The molecule has 0 aliphatic carbocycles. The average Bonchev–Trinajstić information content (AvgIpc) is 1.58. The van der Waals surface area contributed by atoms with Crippen molar-refractivity contribution in [3.05, 3.63) is 538 Å². The van der Waals surface area contributed by atoms with Crippen LogP contribution in [0.15, 0.2) is 510 Å². The first-order chi connectivity index (χ1) is 73.2. The monoisotopic (exact) mass is 1880 g/mol. The van der Waals surface area contributed by atoms with E-state index in [1.54, 1.807) is 43.1 Å². The molecule has 0 aliphatic rings. The van der Waals surface area contributed by atoms with Gasteiger partial charge in [-0.15, -0.1) is 0 Å². The molecule has 0 bridgehead atoms. The van der Waals surface area contributed by atoms with Crippen molar-refractivity contribution in [3.63, 3.8) is 0 Å². The molecule has 8 heterocycles. The first-order valence-electron chi connectivity index (χ1n) is 49.1. The van der Waals surface area contributed by atoms with E-state index in [0.717, 1.165) is 112 Å². The predicted octanol–water partition coefficient (Wildman–Crippen LogP) is 34.8. The molecule has 0 aliphatic heterocycles. The first kappa shape index (κ1) is 88.6. The van der Waals surface area contributed by atoms with Crippen molar-refractivity contribution >= 4 is 136 Å². The highest BCUT2D eigenvalue weighted by atomic mass is 15.0. The van der Waals surface area contributed by atoms with E-state index in [2.05, 4.69) is 492 Å². The van der Waals surface area contributed by atoms with Gasteiger partial charge in [-0.2, -0.15) is 15.8 Å². The molecule has 148 heavy (non-hydrogen) atoms. The van der Waals surface area contributed by atoms with Crippen LogP contribution in [-0.2, 0) is 0 Å². The topological polar surface area (TPSA) is 147 Å². The molecule has 8 aromatic heterocycles. The summed E-state index contributed by atoms with van der Waals surface area (Å²) in [6, 6.07) is 175. The van der Waals surface area contributed by atoms with Gasteiger partial charge in [0.15, 0.2) is 5.69 Å². The summed E-state index contributed by atoms with van der Waals surface area (Å²) in [5.74, 6) is 0. The summed E-state index contributed by atoms with van der Waals surface area (Å²) in [4.78, 5) is 20.8. The van der Waals surface area contributed by atoms with Crippen LogP contribution in [0.25, 0.3) is 247 Å². The van der Waals surface area contributed by atoms with Crippen LogP contribution >= 0.6 is 0 Å². The molecule has 0 saturated heterocycles. The zero-order valence-electron chi connectivity index (χ0n) is 79.9. The fourth-order valence-corrected chi connectivity index (χ4v) is 21.3. The van der Waals surface area contributed by atoms with Crippen LogP contribution < -0.4 is 0 Å². The van der Waals surface area contributed by atoms with Crippen molar-refractivity contribution in [3.8, 4) is 130 Å².